The van der Waals surface area contributed by atoms with Gasteiger partial charge in [0.25, 0.3) is 0 Å². The second-order valence-electron chi connectivity index (χ2n) is 11.2. The van der Waals surface area contributed by atoms with Crippen LogP contribution in [0.2, 0.25) is 0 Å². The Morgan fingerprint density at radius 1 is 1.00 bits per heavy atom. The maximum atomic E-state index is 15.2. The zero-order chi connectivity index (χ0) is 29.5. The first-order valence-electron chi connectivity index (χ1n) is 14.1. The molecule has 1 aromatic heterocycles. The molecule has 9 heteroatoms. The fourth-order valence-electron chi connectivity index (χ4n) is 5.85. The van der Waals surface area contributed by atoms with E-state index in [2.05, 4.69) is 23.8 Å². The third-order valence-electron chi connectivity index (χ3n) is 8.19. The molecule has 2 heterocycles. The van der Waals surface area contributed by atoms with Gasteiger partial charge in [0.05, 0.1) is 11.8 Å². The summed E-state index contributed by atoms with van der Waals surface area (Å²) in [6.45, 7) is 6.22. The summed E-state index contributed by atoms with van der Waals surface area (Å²) in [5.41, 5.74) is 9.21. The van der Waals surface area contributed by atoms with Gasteiger partial charge in [-0.15, -0.1) is 0 Å². The van der Waals surface area contributed by atoms with Gasteiger partial charge >= 0.3 is 0 Å². The largest absolute Gasteiger partial charge is 0.457 e. The first-order chi connectivity index (χ1) is 20.2. The number of ether oxygens (including phenoxy) is 1. The number of hydrogen-bond acceptors (Lipinski definition) is 5. The molecule has 0 bridgehead atoms. The molecule has 6 rings (SSSR count). The van der Waals surface area contributed by atoms with Crippen LogP contribution in [0.5, 0.6) is 11.5 Å². The molecule has 42 heavy (non-hydrogen) atoms. The normalized spacial score (nSPS) is 15.6. The van der Waals surface area contributed by atoms with Crippen LogP contribution in [0.4, 0.5) is 19.0 Å². The molecule has 1 fully saturated rings. The van der Waals surface area contributed by atoms with Gasteiger partial charge in [-0.25, -0.2) is 17.9 Å². The van der Waals surface area contributed by atoms with Crippen LogP contribution in [-0.4, -0.2) is 39.6 Å². The van der Waals surface area contributed by atoms with Gasteiger partial charge < -0.3 is 15.4 Å². The number of piperidine rings is 1. The van der Waals surface area contributed by atoms with Gasteiger partial charge in [0.1, 0.15) is 34.6 Å². The molecular formula is C33H31F3N4O2. The maximum absolute atomic E-state index is 15.2. The molecular weight excluding hydrogens is 541 g/mol. The van der Waals surface area contributed by atoms with Crippen molar-refractivity contribution in [1.29, 1.82) is 0 Å². The quantitative estimate of drug-likeness (QED) is 0.240. The number of nitrogens with two attached hydrogens (primary N) is 1. The Morgan fingerprint density at radius 2 is 1.76 bits per heavy atom. The van der Waals surface area contributed by atoms with E-state index in [1.807, 2.05) is 6.07 Å². The molecule has 4 aromatic rings. The first kappa shape index (κ1) is 27.8. The monoisotopic (exact) mass is 572 g/mol. The summed E-state index contributed by atoms with van der Waals surface area (Å²) in [5.74, 6) is -1.21. The summed E-state index contributed by atoms with van der Waals surface area (Å²) < 4.78 is 50.4. The Kier molecular flexibility index (Phi) is 7.36. The summed E-state index contributed by atoms with van der Waals surface area (Å²) in [4.78, 5) is 15.9. The lowest BCUT2D eigenvalue weighted by Gasteiger charge is -2.35. The third kappa shape index (κ3) is 5.32. The standard InChI is InChI=1S/C33H31F3N4O2/c1-19(2)39-10-8-20(9-11-39)27-14-21-12-23(13-22(21)15-29(27)35)32(41)28-18-38-40(33(28)37)31-7-6-26(17-30(31)36)42-25-5-3-4-24(34)16-25/h3-7,12,14-20H,8-11,13,37H2,1-2H3. The topological polar surface area (TPSA) is 73.4 Å². The first-order valence-corrected chi connectivity index (χ1v) is 14.1. The highest BCUT2D eigenvalue weighted by molar-refractivity contribution is 6.15. The summed E-state index contributed by atoms with van der Waals surface area (Å²) in [5, 5.41) is 4.17. The number of likely N-dealkylation sites (tertiary alicyclic amines) is 1. The molecule has 1 aliphatic carbocycles. The molecule has 0 radical (unpaired) electrons. The van der Waals surface area contributed by atoms with E-state index in [0.29, 0.717) is 17.2 Å². The Hall–Kier alpha value is -4.37. The van der Waals surface area contributed by atoms with E-state index in [-0.39, 0.29) is 52.5 Å². The highest BCUT2D eigenvalue weighted by Gasteiger charge is 2.28. The van der Waals surface area contributed by atoms with Crippen molar-refractivity contribution in [3.63, 3.8) is 0 Å². The summed E-state index contributed by atoms with van der Waals surface area (Å²) in [6, 6.07) is 13.5. The number of halogens is 3. The van der Waals surface area contributed by atoms with Crippen LogP contribution < -0.4 is 10.5 Å². The molecule has 0 spiro atoms. The zero-order valence-corrected chi connectivity index (χ0v) is 23.4. The average molecular weight is 573 g/mol. The van der Waals surface area contributed by atoms with Crippen molar-refractivity contribution in [3.8, 4) is 17.2 Å². The minimum Gasteiger partial charge on any atom is -0.457 e. The lowest BCUT2D eigenvalue weighted by Crippen LogP contribution is -2.38. The Balaban J connectivity index is 1.20. The molecule has 2 N–H and O–H groups in total. The summed E-state index contributed by atoms with van der Waals surface area (Å²) in [7, 11) is 0. The van der Waals surface area contributed by atoms with Gasteiger partial charge in [-0.1, -0.05) is 6.07 Å². The number of Topliss-reactive ketones (excluding diaryl/α,β-unsaturated/α-hetero) is 1. The van der Waals surface area contributed by atoms with Crippen molar-refractivity contribution < 1.29 is 22.7 Å². The molecule has 216 valence electrons. The number of hydrogen-bond donors (Lipinski definition) is 1. The van der Waals surface area contributed by atoms with E-state index in [9.17, 15) is 9.18 Å². The van der Waals surface area contributed by atoms with Crippen molar-refractivity contribution in [3.05, 3.63) is 106 Å². The second-order valence-corrected chi connectivity index (χ2v) is 11.2. The van der Waals surface area contributed by atoms with Crippen LogP contribution in [0, 0.1) is 17.5 Å². The average Bonchev–Trinajstić information content (AvgIpc) is 3.55. The van der Waals surface area contributed by atoms with Gasteiger partial charge in [0.15, 0.2) is 11.6 Å². The lowest BCUT2D eigenvalue weighted by atomic mass is 9.87. The lowest BCUT2D eigenvalue weighted by molar-refractivity contribution is 0.103. The van der Waals surface area contributed by atoms with Crippen LogP contribution in [0.3, 0.4) is 0 Å². The highest BCUT2D eigenvalue weighted by atomic mass is 19.1. The van der Waals surface area contributed by atoms with Gasteiger partial charge in [0, 0.05) is 30.2 Å². The Bertz CT molecular complexity index is 1700. The fourth-order valence-corrected chi connectivity index (χ4v) is 5.85. The van der Waals surface area contributed by atoms with Gasteiger partial charge in [-0.3, -0.25) is 4.79 Å². The molecule has 2 aliphatic rings. The molecule has 0 saturated carbocycles. The SMILES string of the molecule is CC(C)N1CCC(c2cc3c(cc2F)CC(C(=O)c2cnn(-c4ccc(Oc5cccc(F)c5)cc4F)c2N)=C3)CC1. The third-order valence-corrected chi connectivity index (χ3v) is 8.19. The molecule has 0 unspecified atom stereocenters. The number of rotatable bonds is 7. The fraction of sp³-hybridized carbons (Fsp3) is 0.273. The van der Waals surface area contributed by atoms with Crippen molar-refractivity contribution in [2.75, 3.05) is 18.8 Å². The minimum absolute atomic E-state index is 0.0154. The molecule has 0 amide bonds. The molecule has 3 aromatic carbocycles. The Labute approximate surface area is 242 Å². The van der Waals surface area contributed by atoms with E-state index in [0.717, 1.165) is 47.8 Å². The number of ketones is 1. The van der Waals surface area contributed by atoms with E-state index < -0.39 is 11.6 Å². The van der Waals surface area contributed by atoms with Crippen LogP contribution in [0.15, 0.2) is 66.4 Å². The predicted molar refractivity (Wildman–Crippen MR) is 156 cm³/mol. The van der Waals surface area contributed by atoms with Crippen LogP contribution in [-0.2, 0) is 6.42 Å². The van der Waals surface area contributed by atoms with E-state index in [1.54, 1.807) is 18.2 Å². The van der Waals surface area contributed by atoms with E-state index in [1.165, 1.54) is 36.5 Å². The molecule has 1 aliphatic heterocycles. The molecule has 6 nitrogen and oxygen atoms in total. The minimum atomic E-state index is -0.688. The number of nitrogens with zero attached hydrogens (tertiary/aromatic N) is 3. The number of benzene rings is 3. The van der Waals surface area contributed by atoms with Crippen LogP contribution >= 0.6 is 0 Å². The highest BCUT2D eigenvalue weighted by Crippen LogP contribution is 2.36. The van der Waals surface area contributed by atoms with Crippen molar-refractivity contribution in [2.24, 2.45) is 0 Å². The summed E-state index contributed by atoms with van der Waals surface area (Å²) >= 11 is 0. The van der Waals surface area contributed by atoms with Crippen molar-refractivity contribution in [1.82, 2.24) is 14.7 Å². The predicted octanol–water partition coefficient (Wildman–Crippen LogP) is 7.07. The number of allylic oxidation sites excluding steroid dienone is 1. The Morgan fingerprint density at radius 3 is 2.48 bits per heavy atom. The van der Waals surface area contributed by atoms with Crippen LogP contribution in [0.25, 0.3) is 11.8 Å². The number of aromatic nitrogens is 2. The van der Waals surface area contributed by atoms with Gasteiger partial charge in [-0.2, -0.15) is 5.10 Å². The molecule has 1 saturated heterocycles. The summed E-state index contributed by atoms with van der Waals surface area (Å²) in [6.07, 6.45) is 5.18. The number of anilines is 1. The van der Waals surface area contributed by atoms with Crippen LogP contribution in [0.1, 0.15) is 59.7 Å². The van der Waals surface area contributed by atoms with Crippen molar-refractivity contribution in [2.45, 2.75) is 45.1 Å². The van der Waals surface area contributed by atoms with Gasteiger partial charge in [-0.05, 0) is 105 Å². The smallest absolute Gasteiger partial charge is 0.194 e. The second kappa shape index (κ2) is 11.1. The molecule has 0 atom stereocenters. The number of carbonyl (C=O) groups is 1. The van der Waals surface area contributed by atoms with Crippen molar-refractivity contribution >= 4 is 17.7 Å². The van der Waals surface area contributed by atoms with E-state index >= 15 is 8.78 Å². The zero-order valence-electron chi connectivity index (χ0n) is 23.4. The number of fused-ring (bicyclic) bond motifs is 1. The maximum Gasteiger partial charge on any atom is 0.194 e. The van der Waals surface area contributed by atoms with E-state index in [4.69, 9.17) is 10.5 Å². The number of carbonyl (C=O) groups excluding carboxylic acids is 1. The van der Waals surface area contributed by atoms with Gasteiger partial charge in [0.2, 0.25) is 0 Å². The number of nitrogen functional groups attached to an aromatic ring is 1.